The highest BCUT2D eigenvalue weighted by atomic mass is 32.2. The van der Waals surface area contributed by atoms with E-state index in [1.54, 1.807) is 29.8 Å². The van der Waals surface area contributed by atoms with E-state index in [2.05, 4.69) is 10.3 Å². The second-order valence-electron chi connectivity index (χ2n) is 10.3. The predicted octanol–water partition coefficient (Wildman–Crippen LogP) is 3.96. The van der Waals surface area contributed by atoms with E-state index in [9.17, 15) is 18.3 Å². The zero-order chi connectivity index (χ0) is 28.7. The second-order valence-corrected chi connectivity index (χ2v) is 11.8. The van der Waals surface area contributed by atoms with Crippen molar-refractivity contribution in [1.82, 2.24) is 19.3 Å². The fourth-order valence-corrected chi connectivity index (χ4v) is 6.79. The molecule has 3 atom stereocenters. The highest BCUT2D eigenvalue weighted by Gasteiger charge is 2.36. The minimum absolute atomic E-state index is 0.0994. The molecule has 0 radical (unpaired) electrons. The van der Waals surface area contributed by atoms with Gasteiger partial charge in [-0.1, -0.05) is 35.5 Å². The Hall–Kier alpha value is -4.00. The summed E-state index contributed by atoms with van der Waals surface area (Å²) in [5, 5.41) is 18.5. The zero-order valence-electron chi connectivity index (χ0n) is 22.7. The maximum absolute atomic E-state index is 13.2. The molecule has 0 fully saturated rings. The first kappa shape index (κ1) is 27.2. The SMILES string of the molecule is Cc1cc2cc3c1nnn3CCOCCOc1ccc3c(c1)CN([C@H](C)c1cccc(c1)[C@@H]2CC(=O)O)S(=O)(=O)O3. The first-order valence-electron chi connectivity index (χ1n) is 13.4. The topological polar surface area (TPSA) is 133 Å². The molecule has 41 heavy (non-hydrogen) atoms. The highest BCUT2D eigenvalue weighted by Crippen LogP contribution is 2.38. The molecule has 12 heteroatoms. The van der Waals surface area contributed by atoms with Crippen molar-refractivity contribution in [2.45, 2.75) is 45.3 Å². The van der Waals surface area contributed by atoms with Gasteiger partial charge < -0.3 is 18.8 Å². The molecule has 1 N–H and O–H groups in total. The van der Waals surface area contributed by atoms with Crippen molar-refractivity contribution < 1.29 is 32.0 Å². The van der Waals surface area contributed by atoms with Crippen LogP contribution in [0.5, 0.6) is 11.5 Å². The van der Waals surface area contributed by atoms with Crippen LogP contribution >= 0.6 is 0 Å². The van der Waals surface area contributed by atoms with Crippen LogP contribution in [-0.4, -0.2) is 58.6 Å². The Morgan fingerprint density at radius 3 is 2.71 bits per heavy atom. The molecule has 0 amide bonds. The maximum atomic E-state index is 13.2. The summed E-state index contributed by atoms with van der Waals surface area (Å²) in [5.74, 6) is -0.574. The fourth-order valence-electron chi connectivity index (χ4n) is 5.49. The Labute approximate surface area is 237 Å². The van der Waals surface area contributed by atoms with Gasteiger partial charge in [0, 0.05) is 18.0 Å². The summed E-state index contributed by atoms with van der Waals surface area (Å²) in [6, 6.07) is 15.8. The van der Waals surface area contributed by atoms with E-state index in [0.717, 1.165) is 33.3 Å². The third kappa shape index (κ3) is 5.37. The van der Waals surface area contributed by atoms with Crippen molar-refractivity contribution in [3.63, 3.8) is 0 Å². The van der Waals surface area contributed by atoms with Crippen LogP contribution < -0.4 is 8.92 Å². The monoisotopic (exact) mass is 578 g/mol. The molecule has 4 aromatic rings. The molecular formula is C29H30N4O7S. The smallest absolute Gasteiger partial charge is 0.386 e. The molecule has 3 heterocycles. The van der Waals surface area contributed by atoms with Gasteiger partial charge >= 0.3 is 16.3 Å². The zero-order valence-corrected chi connectivity index (χ0v) is 23.5. The molecular weight excluding hydrogens is 548 g/mol. The Morgan fingerprint density at radius 1 is 1.05 bits per heavy atom. The molecule has 6 rings (SSSR count). The Bertz CT molecular complexity index is 1740. The summed E-state index contributed by atoms with van der Waals surface area (Å²) in [7, 11) is -4.08. The van der Waals surface area contributed by atoms with Gasteiger partial charge in [-0.3, -0.25) is 4.79 Å². The first-order valence-corrected chi connectivity index (χ1v) is 14.8. The normalized spacial score (nSPS) is 22.1. The van der Waals surface area contributed by atoms with Crippen LogP contribution in [-0.2, 0) is 32.9 Å². The van der Waals surface area contributed by atoms with E-state index in [-0.39, 0.29) is 18.7 Å². The van der Waals surface area contributed by atoms with Gasteiger partial charge in [0.25, 0.3) is 0 Å². The van der Waals surface area contributed by atoms with E-state index in [0.29, 0.717) is 37.7 Å². The minimum Gasteiger partial charge on any atom is -0.491 e. The number of aliphatic carboxylic acids is 1. The quantitative estimate of drug-likeness (QED) is 0.375. The molecule has 0 spiro atoms. The van der Waals surface area contributed by atoms with Crippen LogP contribution in [0.4, 0.5) is 0 Å². The van der Waals surface area contributed by atoms with Gasteiger partial charge in [-0.05, 0) is 60.4 Å². The minimum atomic E-state index is -4.08. The number of fused-ring (bicyclic) bond motifs is 5. The lowest BCUT2D eigenvalue weighted by molar-refractivity contribution is -0.137. The molecule has 1 aromatic heterocycles. The largest absolute Gasteiger partial charge is 0.491 e. The molecule has 0 aliphatic carbocycles. The van der Waals surface area contributed by atoms with Crippen molar-refractivity contribution >= 4 is 27.3 Å². The van der Waals surface area contributed by atoms with Crippen LogP contribution in [0.3, 0.4) is 0 Å². The standard InChI is InChI=1S/C29H30N4O7S/c1-18-12-22-15-26-29(18)30-31-32(26)8-9-38-10-11-39-24-6-7-27-23(14-24)17-33(41(36,37)40-27)19(2)20-4-3-5-21(13-20)25(22)16-28(34)35/h3-7,12-15,19,25H,8-11,16-17H2,1-2H3,(H,34,35)/t19-,25+/m1/s1. The lowest BCUT2D eigenvalue weighted by atomic mass is 9.86. The van der Waals surface area contributed by atoms with E-state index in [4.69, 9.17) is 13.7 Å². The van der Waals surface area contributed by atoms with Gasteiger partial charge in [-0.2, -0.15) is 12.7 Å². The van der Waals surface area contributed by atoms with Gasteiger partial charge in [-0.15, -0.1) is 5.10 Å². The van der Waals surface area contributed by atoms with Gasteiger partial charge in [0.15, 0.2) is 0 Å². The number of ether oxygens (including phenoxy) is 2. The van der Waals surface area contributed by atoms with Gasteiger partial charge in [0.05, 0.1) is 37.7 Å². The average Bonchev–Trinajstić information content (AvgIpc) is 3.35. The number of nitrogens with zero attached hydrogens (tertiary/aromatic N) is 4. The van der Waals surface area contributed by atoms with Gasteiger partial charge in [-0.25, -0.2) is 4.68 Å². The predicted molar refractivity (Wildman–Crippen MR) is 149 cm³/mol. The van der Waals surface area contributed by atoms with Crippen molar-refractivity contribution in [2.24, 2.45) is 0 Å². The Morgan fingerprint density at radius 2 is 1.88 bits per heavy atom. The second kappa shape index (κ2) is 10.8. The number of benzene rings is 3. The number of carbonyl (C=O) groups is 1. The van der Waals surface area contributed by atoms with Crippen LogP contribution in [0.25, 0.3) is 11.0 Å². The number of hydrogen-bond donors (Lipinski definition) is 1. The van der Waals surface area contributed by atoms with E-state index in [1.807, 2.05) is 43.3 Å². The molecule has 1 unspecified atom stereocenters. The van der Waals surface area contributed by atoms with Gasteiger partial charge in [0.2, 0.25) is 0 Å². The summed E-state index contributed by atoms with van der Waals surface area (Å²) in [5.41, 5.74) is 5.39. The molecule has 3 aromatic carbocycles. The molecule has 2 aliphatic heterocycles. The lowest BCUT2D eigenvalue weighted by Gasteiger charge is -2.32. The van der Waals surface area contributed by atoms with E-state index < -0.39 is 28.2 Å². The Kier molecular flexibility index (Phi) is 7.14. The summed E-state index contributed by atoms with van der Waals surface area (Å²) < 4.78 is 46.5. The molecule has 0 saturated carbocycles. The highest BCUT2D eigenvalue weighted by molar-refractivity contribution is 7.84. The number of rotatable bonds is 2. The lowest BCUT2D eigenvalue weighted by Crippen LogP contribution is -2.39. The van der Waals surface area contributed by atoms with Crippen molar-refractivity contribution in [3.8, 4) is 11.5 Å². The number of carboxylic acids is 1. The van der Waals surface area contributed by atoms with E-state index in [1.165, 1.54) is 4.31 Å². The molecule has 0 saturated heterocycles. The van der Waals surface area contributed by atoms with E-state index >= 15 is 0 Å². The average molecular weight is 579 g/mol. The van der Waals surface area contributed by atoms with Crippen molar-refractivity contribution in [2.75, 3.05) is 19.8 Å². The van der Waals surface area contributed by atoms with Crippen LogP contribution in [0.1, 0.15) is 53.1 Å². The number of aromatic nitrogens is 3. The summed E-state index contributed by atoms with van der Waals surface area (Å²) in [6.45, 7) is 5.33. The molecule has 214 valence electrons. The number of hydrogen-bond acceptors (Lipinski definition) is 8. The third-order valence-corrected chi connectivity index (χ3v) is 9.04. The third-order valence-electron chi connectivity index (χ3n) is 7.63. The maximum Gasteiger partial charge on any atom is 0.386 e. The molecule has 7 bridgehead atoms. The van der Waals surface area contributed by atoms with Crippen LogP contribution in [0.15, 0.2) is 54.6 Å². The number of carboxylic acid groups (broad SMARTS) is 1. The number of aryl methyl sites for hydroxylation is 1. The van der Waals surface area contributed by atoms with Crippen LogP contribution in [0, 0.1) is 6.92 Å². The summed E-state index contributed by atoms with van der Waals surface area (Å²) in [4.78, 5) is 12.0. The summed E-state index contributed by atoms with van der Waals surface area (Å²) in [6.07, 6.45) is -0.144. The van der Waals surface area contributed by atoms with Crippen LogP contribution in [0.2, 0.25) is 0 Å². The summed E-state index contributed by atoms with van der Waals surface area (Å²) >= 11 is 0. The van der Waals surface area contributed by atoms with Crippen molar-refractivity contribution in [1.29, 1.82) is 0 Å². The fraction of sp³-hybridized carbons (Fsp3) is 0.345. The Balaban J connectivity index is 1.46. The first-order chi connectivity index (χ1) is 19.7. The van der Waals surface area contributed by atoms with Crippen molar-refractivity contribution in [3.05, 3.63) is 82.4 Å². The molecule has 11 nitrogen and oxygen atoms in total. The molecule has 2 aliphatic rings. The van der Waals surface area contributed by atoms with Gasteiger partial charge in [0.1, 0.15) is 23.6 Å².